The summed E-state index contributed by atoms with van der Waals surface area (Å²) in [5.74, 6) is 1.17. The van der Waals surface area contributed by atoms with Crippen LogP contribution in [0, 0.1) is 0 Å². The van der Waals surface area contributed by atoms with E-state index in [0.717, 1.165) is 16.8 Å². The topological polar surface area (TPSA) is 55.8 Å². The monoisotopic (exact) mass is 371 g/mol. The lowest BCUT2D eigenvalue weighted by molar-refractivity contribution is -0.113. The molecule has 0 N–H and O–H groups in total. The van der Waals surface area contributed by atoms with E-state index in [-0.39, 0.29) is 19.1 Å². The molecule has 0 aliphatic carbocycles. The number of carbonyl (C=O) groups is 1. The number of anilines is 1. The van der Waals surface area contributed by atoms with Gasteiger partial charge in [0.1, 0.15) is 0 Å². The van der Waals surface area contributed by atoms with Gasteiger partial charge in [0.25, 0.3) is 5.91 Å². The van der Waals surface area contributed by atoms with Crippen LogP contribution in [0.15, 0.2) is 60.4 Å². The molecule has 1 heterocycles. The molecule has 26 heavy (non-hydrogen) atoms. The lowest BCUT2D eigenvalue weighted by Gasteiger charge is -2.17. The number of rotatable bonds is 7. The fourth-order valence-corrected chi connectivity index (χ4v) is 4.49. The lowest BCUT2D eigenvalue weighted by atomic mass is 10.1. The van der Waals surface area contributed by atoms with Crippen molar-refractivity contribution in [2.45, 2.75) is 20.4 Å². The van der Waals surface area contributed by atoms with Crippen LogP contribution in [0.4, 0.5) is 5.69 Å². The summed E-state index contributed by atoms with van der Waals surface area (Å²) in [6.45, 7) is 4.42. The molecule has 6 heteroatoms. The molecule has 0 radical (unpaired) electrons. The Hall–Kier alpha value is -2.20. The highest BCUT2D eigenvalue weighted by atomic mass is 31.2. The third-order valence-electron chi connectivity index (χ3n) is 4.05. The highest BCUT2D eigenvalue weighted by Crippen LogP contribution is 2.53. The molecule has 0 aromatic heterocycles. The number of fused-ring (bicyclic) bond motifs is 1. The molecular formula is C20H22NO4P. The molecule has 1 aliphatic heterocycles. The zero-order chi connectivity index (χ0) is 18.6. The summed E-state index contributed by atoms with van der Waals surface area (Å²) >= 11 is 0. The summed E-state index contributed by atoms with van der Waals surface area (Å²) in [5.41, 5.74) is 2.93. The van der Waals surface area contributed by atoms with Gasteiger partial charge < -0.3 is 13.9 Å². The van der Waals surface area contributed by atoms with Crippen molar-refractivity contribution in [1.82, 2.24) is 0 Å². The average Bonchev–Trinajstić information content (AvgIpc) is 2.89. The molecule has 0 unspecified atom stereocenters. The van der Waals surface area contributed by atoms with Crippen molar-refractivity contribution in [2.75, 3.05) is 18.1 Å². The standard InChI is InChI=1S/C20H22NO4P/c1-3-24-26(23,25-4-2)15-18-17-12-8-9-13-19(17)21(20(18)22)14-16-10-6-5-7-11-16/h5-13,15H,3-4,14H2,1-2H3/b18-15+. The Bertz CT molecular complexity index is 853. The van der Waals surface area contributed by atoms with Crippen LogP contribution < -0.4 is 4.90 Å². The van der Waals surface area contributed by atoms with Crippen LogP contribution in [0.5, 0.6) is 0 Å². The predicted octanol–water partition coefficient (Wildman–Crippen LogP) is 4.84. The van der Waals surface area contributed by atoms with Gasteiger partial charge in [0.05, 0.1) is 31.0 Å². The van der Waals surface area contributed by atoms with E-state index in [1.165, 1.54) is 5.82 Å². The fraction of sp³-hybridized carbons (Fsp3) is 0.250. The van der Waals surface area contributed by atoms with Crippen molar-refractivity contribution in [3.8, 4) is 0 Å². The minimum absolute atomic E-state index is 0.199. The molecule has 136 valence electrons. The number of hydrogen-bond acceptors (Lipinski definition) is 4. The van der Waals surface area contributed by atoms with Gasteiger partial charge in [-0.25, -0.2) is 0 Å². The third kappa shape index (κ3) is 3.80. The minimum atomic E-state index is -3.48. The molecule has 0 spiro atoms. The van der Waals surface area contributed by atoms with Crippen LogP contribution >= 0.6 is 7.60 Å². The summed E-state index contributed by atoms with van der Waals surface area (Å²) in [7, 11) is -3.48. The number of amides is 1. The maximum Gasteiger partial charge on any atom is 0.354 e. The molecule has 0 atom stereocenters. The van der Waals surface area contributed by atoms with Gasteiger partial charge in [0, 0.05) is 11.4 Å². The van der Waals surface area contributed by atoms with Gasteiger partial charge in [-0.3, -0.25) is 9.36 Å². The second kappa shape index (κ2) is 8.00. The number of benzene rings is 2. The van der Waals surface area contributed by atoms with E-state index >= 15 is 0 Å². The van der Waals surface area contributed by atoms with Gasteiger partial charge in [-0.15, -0.1) is 0 Å². The summed E-state index contributed by atoms with van der Waals surface area (Å²) in [4.78, 5) is 14.8. The predicted molar refractivity (Wildman–Crippen MR) is 103 cm³/mol. The third-order valence-corrected chi connectivity index (χ3v) is 5.86. The van der Waals surface area contributed by atoms with Gasteiger partial charge in [0.2, 0.25) is 0 Å². The first-order chi connectivity index (χ1) is 12.6. The zero-order valence-electron chi connectivity index (χ0n) is 14.9. The highest BCUT2D eigenvalue weighted by molar-refractivity contribution is 7.57. The molecule has 1 aliphatic rings. The van der Waals surface area contributed by atoms with E-state index in [1.54, 1.807) is 18.7 Å². The van der Waals surface area contributed by atoms with Gasteiger partial charge in [-0.05, 0) is 25.5 Å². The maximum atomic E-state index is 13.1. The molecule has 0 saturated heterocycles. The van der Waals surface area contributed by atoms with Gasteiger partial charge in [0.15, 0.2) is 0 Å². The van der Waals surface area contributed by atoms with Crippen molar-refractivity contribution in [2.24, 2.45) is 0 Å². The smallest absolute Gasteiger partial charge is 0.306 e. The second-order valence-corrected chi connectivity index (χ2v) is 7.67. The first-order valence-electron chi connectivity index (χ1n) is 8.65. The first kappa shape index (κ1) is 18.6. The maximum absolute atomic E-state index is 13.1. The first-order valence-corrected chi connectivity index (χ1v) is 10.3. The minimum Gasteiger partial charge on any atom is -0.306 e. The molecule has 0 saturated carbocycles. The van der Waals surface area contributed by atoms with Crippen molar-refractivity contribution < 1.29 is 18.4 Å². The zero-order valence-corrected chi connectivity index (χ0v) is 15.8. The Morgan fingerprint density at radius 2 is 1.58 bits per heavy atom. The van der Waals surface area contributed by atoms with Crippen LogP contribution in [-0.4, -0.2) is 19.1 Å². The summed E-state index contributed by atoms with van der Waals surface area (Å²) < 4.78 is 23.6. The Labute approximate surface area is 153 Å². The Morgan fingerprint density at radius 3 is 2.23 bits per heavy atom. The van der Waals surface area contributed by atoms with E-state index < -0.39 is 7.60 Å². The van der Waals surface area contributed by atoms with Crippen molar-refractivity contribution in [3.05, 3.63) is 71.5 Å². The fourth-order valence-electron chi connectivity index (χ4n) is 2.98. The van der Waals surface area contributed by atoms with Gasteiger partial charge in [-0.2, -0.15) is 0 Å². The van der Waals surface area contributed by atoms with E-state index in [2.05, 4.69) is 0 Å². The molecule has 3 rings (SSSR count). The average molecular weight is 371 g/mol. The van der Waals surface area contributed by atoms with Gasteiger partial charge >= 0.3 is 7.60 Å². The number of carbonyl (C=O) groups excluding carboxylic acids is 1. The highest BCUT2D eigenvalue weighted by Gasteiger charge is 2.35. The SMILES string of the molecule is CCOP(=O)(/C=C1/C(=O)N(Cc2ccccc2)c2ccccc21)OCC. The molecule has 0 bridgehead atoms. The van der Waals surface area contributed by atoms with E-state index in [9.17, 15) is 9.36 Å². The summed E-state index contributed by atoms with van der Waals surface area (Å²) in [5, 5.41) is 0. The van der Waals surface area contributed by atoms with E-state index in [4.69, 9.17) is 9.05 Å². The summed E-state index contributed by atoms with van der Waals surface area (Å²) in [6.07, 6.45) is 0. The summed E-state index contributed by atoms with van der Waals surface area (Å²) in [6, 6.07) is 17.3. The van der Waals surface area contributed by atoms with Crippen LogP contribution in [-0.2, 0) is 25.0 Å². The molecule has 2 aromatic carbocycles. The Kier molecular flexibility index (Phi) is 5.72. The quantitative estimate of drug-likeness (QED) is 0.516. The van der Waals surface area contributed by atoms with Crippen molar-refractivity contribution in [1.29, 1.82) is 0 Å². The molecule has 5 nitrogen and oxygen atoms in total. The van der Waals surface area contributed by atoms with Gasteiger partial charge in [-0.1, -0.05) is 48.5 Å². The Morgan fingerprint density at radius 1 is 0.962 bits per heavy atom. The largest absolute Gasteiger partial charge is 0.354 e. The number of hydrogen-bond donors (Lipinski definition) is 0. The van der Waals surface area contributed by atoms with Crippen LogP contribution in [0.3, 0.4) is 0 Å². The molecule has 0 fully saturated rings. The second-order valence-electron chi connectivity index (χ2n) is 5.81. The number of nitrogens with zero attached hydrogens (tertiary/aromatic N) is 1. The van der Waals surface area contributed by atoms with Crippen LogP contribution in [0.1, 0.15) is 25.0 Å². The Balaban J connectivity index is 2.01. The van der Waals surface area contributed by atoms with Crippen LogP contribution in [0.2, 0.25) is 0 Å². The van der Waals surface area contributed by atoms with Crippen LogP contribution in [0.25, 0.3) is 5.57 Å². The van der Waals surface area contributed by atoms with E-state index in [1.807, 2.05) is 54.6 Å². The lowest BCUT2D eigenvalue weighted by Crippen LogP contribution is -2.25. The normalized spacial score (nSPS) is 15.5. The molecular weight excluding hydrogens is 349 g/mol. The molecule has 2 aromatic rings. The molecule has 1 amide bonds. The number of para-hydroxylation sites is 1. The van der Waals surface area contributed by atoms with E-state index in [0.29, 0.717) is 12.1 Å². The van der Waals surface area contributed by atoms with Crippen molar-refractivity contribution in [3.63, 3.8) is 0 Å². The van der Waals surface area contributed by atoms with Crippen molar-refractivity contribution >= 4 is 24.8 Å².